The van der Waals surface area contributed by atoms with Crippen LogP contribution in [-0.2, 0) is 18.3 Å². The zero-order valence-corrected chi connectivity index (χ0v) is 15.1. The minimum absolute atomic E-state index is 0.153. The van der Waals surface area contributed by atoms with E-state index in [-0.39, 0.29) is 12.3 Å². The van der Waals surface area contributed by atoms with E-state index in [1.165, 1.54) is 11.1 Å². The number of amides is 1. The van der Waals surface area contributed by atoms with Crippen LogP contribution in [0.1, 0.15) is 16.7 Å². The van der Waals surface area contributed by atoms with Crippen LogP contribution in [0.15, 0.2) is 41.4 Å². The molecule has 1 amide bonds. The second-order valence-corrected chi connectivity index (χ2v) is 6.92. The van der Waals surface area contributed by atoms with E-state index < -0.39 is 0 Å². The fourth-order valence-electron chi connectivity index (χ4n) is 2.89. The summed E-state index contributed by atoms with van der Waals surface area (Å²) in [5, 5.41) is 0. The van der Waals surface area contributed by atoms with Gasteiger partial charge in [-0.15, -0.1) is 0 Å². The van der Waals surface area contributed by atoms with E-state index in [4.69, 9.17) is 4.74 Å². The predicted octanol–water partition coefficient (Wildman–Crippen LogP) is 3.54. The fraction of sp³-hybridized carbons (Fsp3) is 0.263. The highest BCUT2D eigenvalue weighted by molar-refractivity contribution is 7.16. The zero-order valence-electron chi connectivity index (χ0n) is 14.3. The van der Waals surface area contributed by atoms with E-state index in [0.717, 1.165) is 26.3 Å². The van der Waals surface area contributed by atoms with Crippen molar-refractivity contribution in [3.8, 4) is 5.75 Å². The van der Waals surface area contributed by atoms with Gasteiger partial charge >= 0.3 is 0 Å². The summed E-state index contributed by atoms with van der Waals surface area (Å²) in [6.07, 6.45) is 0.267. The van der Waals surface area contributed by atoms with Gasteiger partial charge in [-0.25, -0.2) is 0 Å². The van der Waals surface area contributed by atoms with Crippen molar-refractivity contribution >= 4 is 27.5 Å². The Morgan fingerprint density at radius 3 is 2.79 bits per heavy atom. The van der Waals surface area contributed by atoms with E-state index in [0.29, 0.717) is 0 Å². The molecule has 3 aromatic rings. The van der Waals surface area contributed by atoms with Gasteiger partial charge in [0.2, 0.25) is 0 Å². The molecule has 0 aliphatic heterocycles. The number of benzene rings is 2. The zero-order chi connectivity index (χ0) is 17.3. The van der Waals surface area contributed by atoms with Crippen molar-refractivity contribution in [1.82, 2.24) is 4.57 Å². The summed E-state index contributed by atoms with van der Waals surface area (Å²) < 4.78 is 8.35. The molecule has 24 heavy (non-hydrogen) atoms. The number of methoxy groups -OCH3 is 1. The number of hydrogen-bond donors (Lipinski definition) is 0. The van der Waals surface area contributed by atoms with Crippen LogP contribution in [0.2, 0.25) is 0 Å². The highest BCUT2D eigenvalue weighted by Crippen LogP contribution is 2.22. The van der Waals surface area contributed by atoms with Crippen LogP contribution in [0, 0.1) is 13.8 Å². The van der Waals surface area contributed by atoms with Gasteiger partial charge in [0.05, 0.1) is 23.7 Å². The molecule has 0 N–H and O–H groups in total. The summed E-state index contributed by atoms with van der Waals surface area (Å²) in [5.41, 5.74) is 4.46. The van der Waals surface area contributed by atoms with Gasteiger partial charge in [0.25, 0.3) is 5.91 Å². The van der Waals surface area contributed by atoms with Crippen LogP contribution in [0.25, 0.3) is 10.2 Å². The third-order valence-electron chi connectivity index (χ3n) is 3.94. The van der Waals surface area contributed by atoms with Crippen LogP contribution >= 0.6 is 11.3 Å². The molecule has 0 aliphatic carbocycles. The summed E-state index contributed by atoms with van der Waals surface area (Å²) in [6, 6.07) is 11.8. The van der Waals surface area contributed by atoms with Gasteiger partial charge in [-0.2, -0.15) is 4.99 Å². The molecule has 0 saturated heterocycles. The molecule has 1 heterocycles. The first-order valence-corrected chi connectivity index (χ1v) is 8.57. The first-order valence-electron chi connectivity index (χ1n) is 7.75. The van der Waals surface area contributed by atoms with Gasteiger partial charge in [0.1, 0.15) is 5.75 Å². The van der Waals surface area contributed by atoms with Crippen LogP contribution in [0.3, 0.4) is 0 Å². The number of aryl methyl sites for hydroxylation is 3. The van der Waals surface area contributed by atoms with Gasteiger partial charge in [-0.3, -0.25) is 4.79 Å². The number of carbonyl (C=O) groups is 1. The van der Waals surface area contributed by atoms with Gasteiger partial charge in [0.15, 0.2) is 4.80 Å². The van der Waals surface area contributed by atoms with Crippen molar-refractivity contribution in [3.63, 3.8) is 0 Å². The lowest BCUT2D eigenvalue weighted by Gasteiger charge is -2.02. The van der Waals surface area contributed by atoms with Gasteiger partial charge in [-0.05, 0) is 48.7 Å². The molecule has 0 saturated carbocycles. The molecule has 0 radical (unpaired) electrons. The third kappa shape index (κ3) is 3.26. The minimum Gasteiger partial charge on any atom is -0.497 e. The Morgan fingerprint density at radius 1 is 1.25 bits per heavy atom. The molecule has 0 aliphatic rings. The van der Waals surface area contributed by atoms with Crippen molar-refractivity contribution in [2.45, 2.75) is 20.3 Å². The van der Waals surface area contributed by atoms with Crippen molar-refractivity contribution in [2.24, 2.45) is 12.0 Å². The van der Waals surface area contributed by atoms with Crippen LogP contribution in [-0.4, -0.2) is 17.6 Å². The van der Waals surface area contributed by atoms with Crippen molar-refractivity contribution < 1.29 is 9.53 Å². The topological polar surface area (TPSA) is 43.6 Å². The average molecular weight is 340 g/mol. The average Bonchev–Trinajstić information content (AvgIpc) is 2.83. The fourth-order valence-corrected chi connectivity index (χ4v) is 4.10. The molecule has 5 heteroatoms. The normalized spacial score (nSPS) is 11.9. The molecule has 0 fully saturated rings. The lowest BCUT2D eigenvalue weighted by Crippen LogP contribution is -2.14. The summed E-state index contributed by atoms with van der Waals surface area (Å²) in [4.78, 5) is 17.4. The Kier molecular flexibility index (Phi) is 4.53. The predicted molar refractivity (Wildman–Crippen MR) is 97.5 cm³/mol. The van der Waals surface area contributed by atoms with E-state index in [1.807, 2.05) is 35.9 Å². The number of fused-ring (bicyclic) bond motifs is 1. The van der Waals surface area contributed by atoms with Gasteiger partial charge in [0, 0.05) is 7.05 Å². The van der Waals surface area contributed by atoms with Crippen molar-refractivity contribution in [3.05, 3.63) is 57.9 Å². The van der Waals surface area contributed by atoms with Gasteiger partial charge in [-0.1, -0.05) is 29.5 Å². The number of carbonyl (C=O) groups excluding carboxylic acids is 1. The number of ether oxygens (including phenoxy) is 1. The Morgan fingerprint density at radius 2 is 2.04 bits per heavy atom. The summed E-state index contributed by atoms with van der Waals surface area (Å²) in [5.74, 6) is 0.596. The smallest absolute Gasteiger partial charge is 0.252 e. The molecule has 0 bridgehead atoms. The third-order valence-corrected chi connectivity index (χ3v) is 5.02. The number of hydrogen-bond acceptors (Lipinski definition) is 3. The number of aromatic nitrogens is 1. The molecule has 0 atom stereocenters. The molecule has 1 aromatic heterocycles. The molecule has 2 aromatic carbocycles. The van der Waals surface area contributed by atoms with E-state index in [2.05, 4.69) is 31.0 Å². The SMILES string of the molecule is COc1cccc(CC(=O)N=c2sc3cc(C)cc(C)c3n2C)c1. The Labute approximate surface area is 145 Å². The Bertz CT molecular complexity index is 983. The maximum atomic E-state index is 12.3. The first-order chi connectivity index (χ1) is 11.5. The minimum atomic E-state index is -0.153. The summed E-state index contributed by atoms with van der Waals surface area (Å²) in [6.45, 7) is 4.17. The van der Waals surface area contributed by atoms with E-state index in [1.54, 1.807) is 18.4 Å². The lowest BCUT2D eigenvalue weighted by molar-refractivity contribution is -0.117. The largest absolute Gasteiger partial charge is 0.497 e. The standard InChI is InChI=1S/C19H20N2O2S/c1-12-8-13(2)18-16(9-12)24-19(21(18)3)20-17(22)11-14-6-5-7-15(10-14)23-4/h5-10H,11H2,1-4H3. The number of thiazole rings is 1. The highest BCUT2D eigenvalue weighted by Gasteiger charge is 2.09. The number of nitrogens with zero attached hydrogens (tertiary/aromatic N) is 2. The Balaban J connectivity index is 1.96. The quantitative estimate of drug-likeness (QED) is 0.732. The molecule has 124 valence electrons. The first kappa shape index (κ1) is 16.5. The molecular weight excluding hydrogens is 320 g/mol. The maximum Gasteiger partial charge on any atom is 0.252 e. The molecule has 0 unspecified atom stereocenters. The summed E-state index contributed by atoms with van der Waals surface area (Å²) in [7, 11) is 3.58. The monoisotopic (exact) mass is 340 g/mol. The molecular formula is C19H20N2O2S. The summed E-state index contributed by atoms with van der Waals surface area (Å²) >= 11 is 1.55. The van der Waals surface area contributed by atoms with Crippen molar-refractivity contribution in [2.75, 3.05) is 7.11 Å². The lowest BCUT2D eigenvalue weighted by atomic mass is 10.1. The van der Waals surface area contributed by atoms with Crippen LogP contribution in [0.4, 0.5) is 0 Å². The number of rotatable bonds is 3. The molecule has 3 rings (SSSR count). The molecule has 4 nitrogen and oxygen atoms in total. The maximum absolute atomic E-state index is 12.3. The second kappa shape index (κ2) is 6.61. The van der Waals surface area contributed by atoms with Crippen LogP contribution < -0.4 is 9.54 Å². The Hall–Kier alpha value is -2.40. The van der Waals surface area contributed by atoms with Crippen molar-refractivity contribution in [1.29, 1.82) is 0 Å². The van der Waals surface area contributed by atoms with Gasteiger partial charge < -0.3 is 9.30 Å². The highest BCUT2D eigenvalue weighted by atomic mass is 32.1. The second-order valence-electron chi connectivity index (χ2n) is 5.91. The van der Waals surface area contributed by atoms with E-state index >= 15 is 0 Å². The molecule has 0 spiro atoms. The van der Waals surface area contributed by atoms with E-state index in [9.17, 15) is 4.79 Å². The van der Waals surface area contributed by atoms with Crippen LogP contribution in [0.5, 0.6) is 5.75 Å².